The van der Waals surface area contributed by atoms with Gasteiger partial charge in [-0.15, -0.1) is 0 Å². The van der Waals surface area contributed by atoms with Gasteiger partial charge >= 0.3 is 0 Å². The summed E-state index contributed by atoms with van der Waals surface area (Å²) in [4.78, 5) is 4.55. The second-order valence-corrected chi connectivity index (χ2v) is 3.91. The molecule has 0 fully saturated rings. The summed E-state index contributed by atoms with van der Waals surface area (Å²) in [7, 11) is 1.65. The Morgan fingerprint density at radius 1 is 1.43 bits per heavy atom. The molecule has 0 spiro atoms. The van der Waals surface area contributed by atoms with Crippen LogP contribution in [0.3, 0.4) is 0 Å². The molecule has 4 heteroatoms. The Bertz CT molecular complexity index is 315. The summed E-state index contributed by atoms with van der Waals surface area (Å²) in [5.74, 6) is 5.85. The first-order chi connectivity index (χ1) is 6.69. The van der Waals surface area contributed by atoms with Crippen LogP contribution >= 0.6 is 15.9 Å². The molecule has 0 unspecified atom stereocenters. The molecule has 2 N–H and O–H groups in total. The van der Waals surface area contributed by atoms with Crippen LogP contribution in [0, 0.1) is 6.92 Å². The molecule has 0 saturated heterocycles. The molecule has 1 aromatic carbocycles. The molecule has 3 nitrogen and oxygen atoms in total. The lowest BCUT2D eigenvalue weighted by Gasteiger charge is -2.11. The van der Waals surface area contributed by atoms with Gasteiger partial charge in [-0.25, -0.2) is 5.90 Å². The van der Waals surface area contributed by atoms with Crippen LogP contribution in [0.2, 0.25) is 0 Å². The van der Waals surface area contributed by atoms with Crippen molar-refractivity contribution >= 4 is 15.9 Å². The first kappa shape index (κ1) is 11.5. The first-order valence-electron chi connectivity index (χ1n) is 4.33. The molecule has 0 aliphatic heterocycles. The molecule has 0 amide bonds. The second-order valence-electron chi connectivity index (χ2n) is 3.06. The molecule has 78 valence electrons. The zero-order chi connectivity index (χ0) is 10.6. The van der Waals surface area contributed by atoms with E-state index in [0.29, 0.717) is 6.61 Å². The van der Waals surface area contributed by atoms with Gasteiger partial charge in [0.05, 0.1) is 18.2 Å². The third-order valence-electron chi connectivity index (χ3n) is 1.96. The molecular formula is C10H14BrNO2. The van der Waals surface area contributed by atoms with Gasteiger partial charge in [-0.05, 0) is 40.0 Å². The highest BCUT2D eigenvalue weighted by atomic mass is 79.9. The van der Waals surface area contributed by atoms with Crippen molar-refractivity contribution in [2.75, 3.05) is 13.7 Å². The highest BCUT2D eigenvalue weighted by molar-refractivity contribution is 9.10. The van der Waals surface area contributed by atoms with Gasteiger partial charge in [0, 0.05) is 6.42 Å². The molecular weight excluding hydrogens is 246 g/mol. The van der Waals surface area contributed by atoms with E-state index in [4.69, 9.17) is 10.6 Å². The topological polar surface area (TPSA) is 44.5 Å². The van der Waals surface area contributed by atoms with E-state index in [1.807, 2.05) is 13.0 Å². The predicted molar refractivity (Wildman–Crippen MR) is 59.3 cm³/mol. The minimum Gasteiger partial charge on any atom is -0.495 e. The number of halogens is 1. The van der Waals surface area contributed by atoms with E-state index in [2.05, 4.69) is 26.8 Å². The highest BCUT2D eigenvalue weighted by Gasteiger charge is 2.08. The van der Waals surface area contributed by atoms with Gasteiger partial charge in [0.25, 0.3) is 0 Å². The molecule has 0 bridgehead atoms. The van der Waals surface area contributed by atoms with Crippen LogP contribution in [0.4, 0.5) is 0 Å². The van der Waals surface area contributed by atoms with Crippen LogP contribution in [0.5, 0.6) is 5.75 Å². The molecule has 0 atom stereocenters. The van der Waals surface area contributed by atoms with E-state index < -0.39 is 0 Å². The Balaban J connectivity index is 2.99. The summed E-state index contributed by atoms with van der Waals surface area (Å²) in [6, 6.07) is 4.09. The van der Waals surface area contributed by atoms with E-state index in [-0.39, 0.29) is 0 Å². The summed E-state index contributed by atoms with van der Waals surface area (Å²) in [6.45, 7) is 2.53. The second kappa shape index (κ2) is 5.34. The fraction of sp³-hybridized carbons (Fsp3) is 0.400. The van der Waals surface area contributed by atoms with Crippen molar-refractivity contribution < 1.29 is 9.57 Å². The third kappa shape index (κ3) is 2.70. The Morgan fingerprint density at radius 3 is 2.71 bits per heavy atom. The summed E-state index contributed by atoms with van der Waals surface area (Å²) in [5, 5.41) is 0. The quantitative estimate of drug-likeness (QED) is 0.844. The van der Waals surface area contributed by atoms with E-state index in [1.54, 1.807) is 7.11 Å². The van der Waals surface area contributed by atoms with Crippen molar-refractivity contribution in [3.63, 3.8) is 0 Å². The largest absolute Gasteiger partial charge is 0.495 e. The standard InChI is InChI=1S/C10H14BrNO2/c1-7-5-8(3-4-14-12)10(13-2)9(11)6-7/h5-6H,3-4,12H2,1-2H3. The Hall–Kier alpha value is -0.580. The number of hydrogen-bond donors (Lipinski definition) is 1. The summed E-state index contributed by atoms with van der Waals surface area (Å²) in [5.41, 5.74) is 2.29. The van der Waals surface area contributed by atoms with Crippen molar-refractivity contribution in [2.24, 2.45) is 5.90 Å². The van der Waals surface area contributed by atoms with E-state index >= 15 is 0 Å². The van der Waals surface area contributed by atoms with Crippen molar-refractivity contribution in [1.82, 2.24) is 0 Å². The average Bonchev–Trinajstić information content (AvgIpc) is 2.14. The molecule has 0 aliphatic carbocycles. The van der Waals surface area contributed by atoms with Crippen molar-refractivity contribution in [1.29, 1.82) is 0 Å². The molecule has 0 radical (unpaired) electrons. The smallest absolute Gasteiger partial charge is 0.136 e. The van der Waals surface area contributed by atoms with Gasteiger partial charge < -0.3 is 9.57 Å². The number of hydrogen-bond acceptors (Lipinski definition) is 3. The normalized spacial score (nSPS) is 10.3. The lowest BCUT2D eigenvalue weighted by atomic mass is 10.1. The van der Waals surface area contributed by atoms with Crippen LogP contribution in [0.25, 0.3) is 0 Å². The van der Waals surface area contributed by atoms with Crippen molar-refractivity contribution in [2.45, 2.75) is 13.3 Å². The van der Waals surface area contributed by atoms with Gasteiger partial charge in [-0.1, -0.05) is 6.07 Å². The Labute approximate surface area is 92.3 Å². The Morgan fingerprint density at radius 2 is 2.14 bits per heavy atom. The Kier molecular flexibility index (Phi) is 4.38. The molecule has 1 rings (SSSR count). The summed E-state index contributed by atoms with van der Waals surface area (Å²) < 4.78 is 6.25. The first-order valence-corrected chi connectivity index (χ1v) is 5.13. The number of nitrogens with two attached hydrogens (primary N) is 1. The molecule has 1 aromatic rings. The SMILES string of the molecule is COc1c(Br)cc(C)cc1CCON. The maximum atomic E-state index is 5.28. The maximum Gasteiger partial charge on any atom is 0.136 e. The molecule has 0 saturated carbocycles. The average molecular weight is 260 g/mol. The molecule has 0 aromatic heterocycles. The number of ether oxygens (including phenoxy) is 1. The maximum absolute atomic E-state index is 5.28. The van der Waals surface area contributed by atoms with Crippen LogP contribution in [0.1, 0.15) is 11.1 Å². The van der Waals surface area contributed by atoms with Gasteiger partial charge in [-0.3, -0.25) is 0 Å². The summed E-state index contributed by atoms with van der Waals surface area (Å²) >= 11 is 3.45. The molecule has 0 heterocycles. The van der Waals surface area contributed by atoms with E-state index in [9.17, 15) is 0 Å². The van der Waals surface area contributed by atoms with Crippen molar-refractivity contribution in [3.8, 4) is 5.75 Å². The van der Waals surface area contributed by atoms with Crippen LogP contribution in [0.15, 0.2) is 16.6 Å². The number of methoxy groups -OCH3 is 1. The highest BCUT2D eigenvalue weighted by Crippen LogP contribution is 2.30. The van der Waals surface area contributed by atoms with E-state index in [0.717, 1.165) is 22.2 Å². The lowest BCUT2D eigenvalue weighted by Crippen LogP contribution is -2.05. The van der Waals surface area contributed by atoms with Gasteiger partial charge in [0.15, 0.2) is 0 Å². The minimum absolute atomic E-state index is 0.492. The number of rotatable bonds is 4. The van der Waals surface area contributed by atoms with Crippen LogP contribution < -0.4 is 10.6 Å². The monoisotopic (exact) mass is 259 g/mol. The lowest BCUT2D eigenvalue weighted by molar-refractivity contribution is 0.140. The van der Waals surface area contributed by atoms with Gasteiger partial charge in [0.2, 0.25) is 0 Å². The molecule has 0 aliphatic rings. The third-order valence-corrected chi connectivity index (χ3v) is 2.55. The fourth-order valence-corrected chi connectivity index (χ4v) is 2.16. The van der Waals surface area contributed by atoms with Crippen molar-refractivity contribution in [3.05, 3.63) is 27.7 Å². The van der Waals surface area contributed by atoms with Crippen LogP contribution in [-0.2, 0) is 11.3 Å². The van der Waals surface area contributed by atoms with Crippen LogP contribution in [-0.4, -0.2) is 13.7 Å². The predicted octanol–water partition coefficient (Wildman–Crippen LogP) is 2.20. The number of benzene rings is 1. The zero-order valence-corrected chi connectivity index (χ0v) is 9.93. The van der Waals surface area contributed by atoms with Gasteiger partial charge in [0.1, 0.15) is 5.75 Å². The number of aryl methyl sites for hydroxylation is 1. The summed E-state index contributed by atoms with van der Waals surface area (Å²) in [6.07, 6.45) is 0.750. The zero-order valence-electron chi connectivity index (χ0n) is 8.34. The molecule has 14 heavy (non-hydrogen) atoms. The fourth-order valence-electron chi connectivity index (χ4n) is 1.38. The van der Waals surface area contributed by atoms with Gasteiger partial charge in [-0.2, -0.15) is 0 Å². The van der Waals surface area contributed by atoms with E-state index in [1.165, 1.54) is 5.56 Å². The minimum atomic E-state index is 0.492.